The molecule has 1 amide bonds. The summed E-state index contributed by atoms with van der Waals surface area (Å²) < 4.78 is 9.12. The van der Waals surface area contributed by atoms with Crippen LogP contribution in [0.4, 0.5) is 11.4 Å². The van der Waals surface area contributed by atoms with E-state index in [1.165, 1.54) is 33.3 Å². The highest BCUT2D eigenvalue weighted by Gasteiger charge is 2.20. The number of carbonyl (C=O) groups excluding carboxylic acids is 3. The zero-order valence-electron chi connectivity index (χ0n) is 10.8. The van der Waals surface area contributed by atoms with Crippen LogP contribution in [-0.2, 0) is 14.3 Å². The average Bonchev–Trinajstić information content (AvgIpc) is 2.38. The topological polar surface area (TPSA) is 108 Å². The van der Waals surface area contributed by atoms with Gasteiger partial charge in [-0.2, -0.15) is 0 Å². The second-order valence-electron chi connectivity index (χ2n) is 3.65. The van der Waals surface area contributed by atoms with Crippen molar-refractivity contribution < 1.29 is 23.9 Å². The molecule has 0 aliphatic carbocycles. The summed E-state index contributed by atoms with van der Waals surface area (Å²) in [5.74, 6) is -1.78. The molecule has 0 aliphatic heterocycles. The van der Waals surface area contributed by atoms with Gasteiger partial charge in [0.15, 0.2) is 0 Å². The minimum absolute atomic E-state index is 0.0193. The van der Waals surface area contributed by atoms with Crippen molar-refractivity contribution in [2.24, 2.45) is 0 Å². The second-order valence-corrected chi connectivity index (χ2v) is 3.65. The van der Waals surface area contributed by atoms with Crippen LogP contribution in [0.2, 0.25) is 0 Å². The highest BCUT2D eigenvalue weighted by Crippen LogP contribution is 2.25. The van der Waals surface area contributed by atoms with Crippen molar-refractivity contribution in [1.29, 1.82) is 0 Å². The third-order valence-electron chi connectivity index (χ3n) is 2.31. The predicted molar refractivity (Wildman–Crippen MR) is 67.8 cm³/mol. The number of hydrogen-bond donors (Lipinski definition) is 2. The smallest absolute Gasteiger partial charge is 0.340 e. The van der Waals surface area contributed by atoms with Gasteiger partial charge < -0.3 is 20.5 Å². The molecule has 0 atom stereocenters. The van der Waals surface area contributed by atoms with E-state index >= 15 is 0 Å². The molecule has 0 aromatic heterocycles. The first-order valence-electron chi connectivity index (χ1n) is 5.28. The van der Waals surface area contributed by atoms with E-state index in [1.807, 2.05) is 0 Å². The monoisotopic (exact) mass is 266 g/mol. The molecule has 19 heavy (non-hydrogen) atoms. The number of nitrogens with one attached hydrogen (secondary N) is 1. The Morgan fingerprint density at radius 3 is 1.79 bits per heavy atom. The molecule has 0 saturated carbocycles. The molecule has 1 rings (SSSR count). The van der Waals surface area contributed by atoms with Gasteiger partial charge in [0, 0.05) is 12.6 Å². The number of hydrogen-bond acceptors (Lipinski definition) is 6. The summed E-state index contributed by atoms with van der Waals surface area (Å²) in [5.41, 5.74) is 5.87. The quantitative estimate of drug-likeness (QED) is 0.619. The fourth-order valence-electron chi connectivity index (χ4n) is 1.49. The average molecular weight is 266 g/mol. The molecule has 7 nitrogen and oxygen atoms in total. The first-order valence-corrected chi connectivity index (χ1v) is 5.28. The molecule has 0 bridgehead atoms. The van der Waals surface area contributed by atoms with E-state index in [4.69, 9.17) is 5.73 Å². The fourth-order valence-corrected chi connectivity index (χ4v) is 1.49. The summed E-state index contributed by atoms with van der Waals surface area (Å²) in [5, 5.41) is 2.46. The number of ether oxygens (including phenoxy) is 2. The van der Waals surface area contributed by atoms with Crippen LogP contribution in [0.3, 0.4) is 0 Å². The molecule has 1 aromatic carbocycles. The lowest BCUT2D eigenvalue weighted by Gasteiger charge is -2.11. The molecule has 0 heterocycles. The summed E-state index contributed by atoms with van der Waals surface area (Å²) in [6.07, 6.45) is 0. The van der Waals surface area contributed by atoms with Crippen molar-refractivity contribution in [2.45, 2.75) is 6.92 Å². The Balaban J connectivity index is 3.41. The third-order valence-corrected chi connectivity index (χ3v) is 2.31. The molecule has 102 valence electrons. The van der Waals surface area contributed by atoms with Crippen molar-refractivity contribution >= 4 is 29.2 Å². The minimum Gasteiger partial charge on any atom is -0.465 e. The summed E-state index contributed by atoms with van der Waals surface area (Å²) in [6, 6.07) is 2.66. The zero-order chi connectivity index (χ0) is 14.6. The molecular weight excluding hydrogens is 252 g/mol. The van der Waals surface area contributed by atoms with Crippen LogP contribution >= 0.6 is 0 Å². The van der Waals surface area contributed by atoms with Crippen molar-refractivity contribution in [3.05, 3.63) is 23.3 Å². The van der Waals surface area contributed by atoms with Gasteiger partial charge in [-0.25, -0.2) is 9.59 Å². The van der Waals surface area contributed by atoms with Gasteiger partial charge in [0.2, 0.25) is 5.91 Å². The van der Waals surface area contributed by atoms with Gasteiger partial charge in [-0.3, -0.25) is 4.79 Å². The Labute approximate surface area is 109 Å². The van der Waals surface area contributed by atoms with E-state index in [0.29, 0.717) is 0 Å². The van der Waals surface area contributed by atoms with Gasteiger partial charge in [0.1, 0.15) is 0 Å². The Kier molecular flexibility index (Phi) is 4.46. The first-order chi connectivity index (χ1) is 8.90. The highest BCUT2D eigenvalue weighted by atomic mass is 16.5. The van der Waals surface area contributed by atoms with Gasteiger partial charge in [0.25, 0.3) is 0 Å². The van der Waals surface area contributed by atoms with Gasteiger partial charge in [-0.05, 0) is 12.1 Å². The minimum atomic E-state index is -0.713. The molecule has 1 aromatic rings. The third kappa shape index (κ3) is 3.21. The maximum atomic E-state index is 11.6. The maximum Gasteiger partial charge on any atom is 0.340 e. The van der Waals surface area contributed by atoms with E-state index in [2.05, 4.69) is 14.8 Å². The van der Waals surface area contributed by atoms with E-state index in [1.54, 1.807) is 0 Å². The van der Waals surface area contributed by atoms with Crippen LogP contribution in [0.15, 0.2) is 12.1 Å². The first kappa shape index (κ1) is 14.5. The van der Waals surface area contributed by atoms with Crippen LogP contribution in [0.25, 0.3) is 0 Å². The molecular formula is C12H14N2O5. The van der Waals surface area contributed by atoms with Crippen molar-refractivity contribution in [1.82, 2.24) is 0 Å². The van der Waals surface area contributed by atoms with E-state index in [0.717, 1.165) is 0 Å². The molecule has 7 heteroatoms. The van der Waals surface area contributed by atoms with Crippen molar-refractivity contribution in [3.8, 4) is 0 Å². The number of amides is 1. The van der Waals surface area contributed by atoms with Crippen molar-refractivity contribution in [2.75, 3.05) is 25.3 Å². The number of benzene rings is 1. The largest absolute Gasteiger partial charge is 0.465 e. The van der Waals surface area contributed by atoms with Gasteiger partial charge in [-0.15, -0.1) is 0 Å². The van der Waals surface area contributed by atoms with Crippen LogP contribution in [0, 0.1) is 0 Å². The van der Waals surface area contributed by atoms with E-state index < -0.39 is 11.9 Å². The number of rotatable bonds is 3. The lowest BCUT2D eigenvalue weighted by molar-refractivity contribution is -0.114. The van der Waals surface area contributed by atoms with E-state index in [9.17, 15) is 14.4 Å². The predicted octanol–water partition coefficient (Wildman–Crippen LogP) is 0.800. The Morgan fingerprint density at radius 1 is 1.05 bits per heavy atom. The molecule has 0 spiro atoms. The molecule has 0 unspecified atom stereocenters. The second kappa shape index (κ2) is 5.85. The Bertz CT molecular complexity index is 502. The fraction of sp³-hybridized carbons (Fsp3) is 0.250. The molecule has 0 fully saturated rings. The standard InChI is InChI=1S/C12H14N2O5/c1-6(15)14-7-4-8(11(16)18-2)10(13)9(5-7)12(17)19-3/h4-5H,13H2,1-3H3,(H,14,15). The molecule has 0 radical (unpaired) electrons. The number of anilines is 2. The number of carbonyl (C=O) groups is 3. The van der Waals surface area contributed by atoms with Crippen LogP contribution in [0.5, 0.6) is 0 Å². The number of esters is 2. The van der Waals surface area contributed by atoms with Crippen LogP contribution < -0.4 is 11.1 Å². The zero-order valence-corrected chi connectivity index (χ0v) is 10.8. The number of nitrogen functional groups attached to an aromatic ring is 1. The summed E-state index contributed by atoms with van der Waals surface area (Å²) in [6.45, 7) is 1.30. The SMILES string of the molecule is COC(=O)c1cc(NC(C)=O)cc(C(=O)OC)c1N. The molecule has 0 aliphatic rings. The molecule has 3 N–H and O–H groups in total. The maximum absolute atomic E-state index is 11.6. The number of nitrogens with two attached hydrogens (primary N) is 1. The van der Waals surface area contributed by atoms with Crippen molar-refractivity contribution in [3.63, 3.8) is 0 Å². The van der Waals surface area contributed by atoms with Crippen LogP contribution in [-0.4, -0.2) is 32.1 Å². The lowest BCUT2D eigenvalue weighted by atomic mass is 10.1. The summed E-state index contributed by atoms with van der Waals surface area (Å²) >= 11 is 0. The van der Waals surface area contributed by atoms with Gasteiger partial charge in [-0.1, -0.05) is 0 Å². The Hall–Kier alpha value is -2.57. The summed E-state index contributed by atoms with van der Waals surface area (Å²) in [7, 11) is 2.37. The van der Waals surface area contributed by atoms with Gasteiger partial charge >= 0.3 is 11.9 Å². The van der Waals surface area contributed by atoms with E-state index in [-0.39, 0.29) is 28.4 Å². The lowest BCUT2D eigenvalue weighted by Crippen LogP contribution is -2.15. The summed E-state index contributed by atoms with van der Waals surface area (Å²) in [4.78, 5) is 34.2. The molecule has 0 saturated heterocycles. The van der Waals surface area contributed by atoms with Crippen LogP contribution in [0.1, 0.15) is 27.6 Å². The van der Waals surface area contributed by atoms with Gasteiger partial charge in [0.05, 0.1) is 31.0 Å². The Morgan fingerprint density at radius 2 is 1.47 bits per heavy atom. The highest BCUT2D eigenvalue weighted by molar-refractivity contribution is 6.06. The normalized spacial score (nSPS) is 9.63. The number of methoxy groups -OCH3 is 2.